The zero-order valence-corrected chi connectivity index (χ0v) is 19.0. The van der Waals surface area contributed by atoms with E-state index in [0.29, 0.717) is 18.8 Å². The molecule has 0 saturated carbocycles. The summed E-state index contributed by atoms with van der Waals surface area (Å²) in [6, 6.07) is 5.93. The van der Waals surface area contributed by atoms with Crippen molar-refractivity contribution in [2.24, 2.45) is 5.92 Å². The summed E-state index contributed by atoms with van der Waals surface area (Å²) in [6.07, 6.45) is 5.74. The minimum atomic E-state index is 0.159. The summed E-state index contributed by atoms with van der Waals surface area (Å²) in [6.45, 7) is 6.69. The summed E-state index contributed by atoms with van der Waals surface area (Å²) >= 11 is 1.59. The third-order valence-corrected chi connectivity index (χ3v) is 7.07. The second kappa shape index (κ2) is 10.2. The molecule has 4 rings (SSSR count). The molecule has 0 spiro atoms. The lowest BCUT2D eigenvalue weighted by atomic mass is 9.93. The van der Waals surface area contributed by atoms with Crippen LogP contribution in [0.5, 0.6) is 0 Å². The predicted octanol–water partition coefficient (Wildman–Crippen LogP) is 2.76. The molecule has 0 aliphatic carbocycles. The maximum Gasteiger partial charge on any atom is 0.228 e. The lowest BCUT2D eigenvalue weighted by molar-refractivity contribution is -0.132. The van der Waals surface area contributed by atoms with Gasteiger partial charge < -0.3 is 14.7 Å². The van der Waals surface area contributed by atoms with Crippen molar-refractivity contribution in [2.75, 3.05) is 44.2 Å². The fraction of sp³-hybridized carbons (Fsp3) is 0.565. The normalized spacial score (nSPS) is 19.5. The topological polar surface area (TPSA) is 69.6 Å². The van der Waals surface area contributed by atoms with Gasteiger partial charge in [-0.1, -0.05) is 6.07 Å². The molecule has 0 aromatic carbocycles. The van der Waals surface area contributed by atoms with Crippen LogP contribution >= 0.6 is 11.3 Å². The number of anilines is 1. The molecule has 2 aliphatic rings. The zero-order valence-electron chi connectivity index (χ0n) is 18.2. The van der Waals surface area contributed by atoms with Crippen LogP contribution in [0.4, 0.5) is 5.82 Å². The SMILES string of the molecule is Cc1nc(CC(=O)N2CCC[C@@H](CCC(=O)N3CCN(c4ccccn4)CC3)C2)cs1. The number of aryl methyl sites for hydroxylation is 1. The highest BCUT2D eigenvalue weighted by atomic mass is 32.1. The molecule has 4 heterocycles. The Bertz CT molecular complexity index is 879. The van der Waals surface area contributed by atoms with E-state index in [2.05, 4.69) is 14.9 Å². The fourth-order valence-electron chi connectivity index (χ4n) is 4.49. The van der Waals surface area contributed by atoms with Gasteiger partial charge in [-0.05, 0) is 44.2 Å². The standard InChI is InChI=1S/C23H31N5O2S/c1-18-25-20(17-31-18)15-23(30)28-10-4-5-19(16-28)7-8-22(29)27-13-11-26(12-14-27)21-6-2-3-9-24-21/h2-3,6,9,17,19H,4-5,7-8,10-16H2,1H3/t19-/m0/s1. The Morgan fingerprint density at radius 2 is 1.94 bits per heavy atom. The molecule has 2 amide bonds. The first-order chi connectivity index (χ1) is 15.1. The number of pyridine rings is 1. The summed E-state index contributed by atoms with van der Waals surface area (Å²) < 4.78 is 0. The van der Waals surface area contributed by atoms with Gasteiger partial charge in [0.05, 0.1) is 17.1 Å². The Kier molecular flexibility index (Phi) is 7.17. The molecule has 8 heteroatoms. The Labute approximate surface area is 188 Å². The molecule has 0 N–H and O–H groups in total. The van der Waals surface area contributed by atoms with E-state index in [9.17, 15) is 9.59 Å². The van der Waals surface area contributed by atoms with Crippen molar-refractivity contribution >= 4 is 29.0 Å². The van der Waals surface area contributed by atoms with Crippen molar-refractivity contribution in [1.29, 1.82) is 0 Å². The third-order valence-electron chi connectivity index (χ3n) is 6.24. The molecule has 2 saturated heterocycles. The first-order valence-electron chi connectivity index (χ1n) is 11.2. The van der Waals surface area contributed by atoms with Crippen LogP contribution in [0.2, 0.25) is 0 Å². The first-order valence-corrected chi connectivity index (χ1v) is 12.1. The van der Waals surface area contributed by atoms with Crippen LogP contribution in [0.15, 0.2) is 29.8 Å². The van der Waals surface area contributed by atoms with E-state index in [1.165, 1.54) is 0 Å². The molecule has 2 fully saturated rings. The van der Waals surface area contributed by atoms with E-state index < -0.39 is 0 Å². The monoisotopic (exact) mass is 441 g/mol. The number of amides is 2. The minimum Gasteiger partial charge on any atom is -0.353 e. The number of aromatic nitrogens is 2. The Morgan fingerprint density at radius 1 is 1.10 bits per heavy atom. The van der Waals surface area contributed by atoms with Crippen molar-refractivity contribution in [3.63, 3.8) is 0 Å². The van der Waals surface area contributed by atoms with Crippen molar-refractivity contribution in [3.8, 4) is 0 Å². The number of carbonyl (C=O) groups excluding carboxylic acids is 2. The quantitative estimate of drug-likeness (QED) is 0.689. The number of likely N-dealkylation sites (tertiary alicyclic amines) is 1. The number of piperazine rings is 1. The van der Waals surface area contributed by atoms with Crippen molar-refractivity contribution in [3.05, 3.63) is 40.5 Å². The fourth-order valence-corrected chi connectivity index (χ4v) is 5.11. The summed E-state index contributed by atoms with van der Waals surface area (Å²) in [5, 5.41) is 2.97. The van der Waals surface area contributed by atoms with Crippen LogP contribution in [0.1, 0.15) is 36.4 Å². The van der Waals surface area contributed by atoms with E-state index >= 15 is 0 Å². The smallest absolute Gasteiger partial charge is 0.228 e. The molecule has 0 bridgehead atoms. The molecule has 0 radical (unpaired) electrons. The molecule has 31 heavy (non-hydrogen) atoms. The van der Waals surface area contributed by atoms with Gasteiger partial charge in [0.15, 0.2) is 0 Å². The van der Waals surface area contributed by atoms with Crippen LogP contribution in [-0.2, 0) is 16.0 Å². The van der Waals surface area contributed by atoms with Crippen molar-refractivity contribution in [2.45, 2.75) is 39.0 Å². The summed E-state index contributed by atoms with van der Waals surface area (Å²) in [4.78, 5) is 40.4. The van der Waals surface area contributed by atoms with Crippen molar-refractivity contribution in [1.82, 2.24) is 19.8 Å². The second-order valence-corrected chi connectivity index (χ2v) is 9.54. The number of hydrogen-bond donors (Lipinski definition) is 0. The minimum absolute atomic E-state index is 0.159. The first kappa shape index (κ1) is 21.7. The van der Waals surface area contributed by atoms with E-state index in [-0.39, 0.29) is 11.8 Å². The molecule has 1 atom stereocenters. The highest BCUT2D eigenvalue weighted by Crippen LogP contribution is 2.23. The van der Waals surface area contributed by atoms with Crippen LogP contribution in [0, 0.1) is 12.8 Å². The average Bonchev–Trinajstić information content (AvgIpc) is 3.22. The predicted molar refractivity (Wildman–Crippen MR) is 122 cm³/mol. The lowest BCUT2D eigenvalue weighted by Gasteiger charge is -2.36. The summed E-state index contributed by atoms with van der Waals surface area (Å²) in [5.74, 6) is 1.79. The van der Waals surface area contributed by atoms with E-state index in [1.807, 2.05) is 46.5 Å². The third kappa shape index (κ3) is 5.81. The molecule has 2 aromatic rings. The van der Waals surface area contributed by atoms with E-state index in [4.69, 9.17) is 0 Å². The van der Waals surface area contributed by atoms with E-state index in [0.717, 1.165) is 75.1 Å². The summed E-state index contributed by atoms with van der Waals surface area (Å²) in [5.41, 5.74) is 0.870. The van der Waals surface area contributed by atoms with Gasteiger partial charge in [-0.15, -0.1) is 11.3 Å². The Balaban J connectivity index is 1.20. The zero-order chi connectivity index (χ0) is 21.6. The maximum absolute atomic E-state index is 12.7. The number of piperidine rings is 1. The molecule has 166 valence electrons. The number of rotatable bonds is 6. The van der Waals surface area contributed by atoms with Crippen LogP contribution in [0.25, 0.3) is 0 Å². The number of nitrogens with zero attached hydrogens (tertiary/aromatic N) is 5. The van der Waals surface area contributed by atoms with Gasteiger partial charge >= 0.3 is 0 Å². The maximum atomic E-state index is 12.7. The van der Waals surface area contributed by atoms with Crippen molar-refractivity contribution < 1.29 is 9.59 Å². The molecular formula is C23H31N5O2S. The Morgan fingerprint density at radius 3 is 2.65 bits per heavy atom. The molecule has 0 unspecified atom stereocenters. The van der Waals surface area contributed by atoms with Crippen LogP contribution in [-0.4, -0.2) is 70.9 Å². The number of hydrogen-bond acceptors (Lipinski definition) is 6. The van der Waals surface area contributed by atoms with Gasteiger partial charge in [-0.2, -0.15) is 0 Å². The van der Waals surface area contributed by atoms with Crippen LogP contribution in [0.3, 0.4) is 0 Å². The largest absolute Gasteiger partial charge is 0.353 e. The molecule has 2 aromatic heterocycles. The lowest BCUT2D eigenvalue weighted by Crippen LogP contribution is -2.49. The molecule has 7 nitrogen and oxygen atoms in total. The van der Waals surface area contributed by atoms with Gasteiger partial charge in [0.25, 0.3) is 0 Å². The van der Waals surface area contributed by atoms with Gasteiger partial charge in [-0.3, -0.25) is 9.59 Å². The highest BCUT2D eigenvalue weighted by Gasteiger charge is 2.26. The van der Waals surface area contributed by atoms with Gasteiger partial charge in [0, 0.05) is 57.3 Å². The number of carbonyl (C=O) groups is 2. The molecule has 2 aliphatic heterocycles. The van der Waals surface area contributed by atoms with Gasteiger partial charge in [0.1, 0.15) is 5.82 Å². The van der Waals surface area contributed by atoms with Crippen LogP contribution < -0.4 is 4.90 Å². The van der Waals surface area contributed by atoms with E-state index in [1.54, 1.807) is 11.3 Å². The average molecular weight is 442 g/mol. The highest BCUT2D eigenvalue weighted by molar-refractivity contribution is 7.09. The second-order valence-electron chi connectivity index (χ2n) is 8.48. The van der Waals surface area contributed by atoms with Gasteiger partial charge in [-0.25, -0.2) is 9.97 Å². The molecular weight excluding hydrogens is 410 g/mol. The van der Waals surface area contributed by atoms with Gasteiger partial charge in [0.2, 0.25) is 11.8 Å². The Hall–Kier alpha value is -2.48. The summed E-state index contributed by atoms with van der Waals surface area (Å²) in [7, 11) is 0. The number of thiazole rings is 1.